The molecule has 1 aliphatic rings. The molecule has 0 aromatic carbocycles. The molecule has 1 unspecified atom stereocenters. The van der Waals surface area contributed by atoms with E-state index in [-0.39, 0.29) is 5.91 Å². The van der Waals surface area contributed by atoms with E-state index in [2.05, 4.69) is 29.1 Å². The quantitative estimate of drug-likeness (QED) is 0.819. The zero-order valence-electron chi connectivity index (χ0n) is 14.6. The highest BCUT2D eigenvalue weighted by atomic mass is 16.2. The third kappa shape index (κ3) is 3.83. The molecule has 2 aromatic heterocycles. The minimum Gasteiger partial charge on any atom is -0.334 e. The van der Waals surface area contributed by atoms with Crippen molar-refractivity contribution in [1.29, 1.82) is 0 Å². The standard InChI is InChI=1S/C19H26N4O/c1-3-11-22-13-9-18(21-22)19(24)23-12-4-5-17(23)7-6-16-8-10-20-15(2)14-16/h8-10,13-14,17H,3-7,11-12H2,1-2H3. The number of carbonyl (C=O) groups is 1. The lowest BCUT2D eigenvalue weighted by molar-refractivity contribution is 0.0723. The number of carbonyl (C=O) groups excluding carboxylic acids is 1. The Morgan fingerprint density at radius 1 is 1.38 bits per heavy atom. The molecule has 0 bridgehead atoms. The SMILES string of the molecule is CCCn1ccc(C(=O)N2CCCC2CCc2ccnc(C)c2)n1. The Hall–Kier alpha value is -2.17. The lowest BCUT2D eigenvalue weighted by Crippen LogP contribution is -2.36. The van der Waals surface area contributed by atoms with Crippen LogP contribution in [0, 0.1) is 6.92 Å². The molecule has 2 aromatic rings. The number of rotatable bonds is 6. The minimum atomic E-state index is 0.0817. The molecule has 5 heteroatoms. The van der Waals surface area contributed by atoms with Crippen LogP contribution in [-0.4, -0.2) is 38.2 Å². The molecule has 1 saturated heterocycles. The highest BCUT2D eigenvalue weighted by Gasteiger charge is 2.30. The summed E-state index contributed by atoms with van der Waals surface area (Å²) in [6.07, 6.45) is 8.96. The Bertz CT molecular complexity index is 694. The number of hydrogen-bond donors (Lipinski definition) is 0. The smallest absolute Gasteiger partial charge is 0.274 e. The van der Waals surface area contributed by atoms with E-state index in [1.54, 1.807) is 0 Å². The van der Waals surface area contributed by atoms with Gasteiger partial charge in [0.25, 0.3) is 5.91 Å². The van der Waals surface area contributed by atoms with Crippen molar-refractivity contribution < 1.29 is 4.79 Å². The van der Waals surface area contributed by atoms with Crippen LogP contribution in [0.2, 0.25) is 0 Å². The van der Waals surface area contributed by atoms with Crippen molar-refractivity contribution in [3.8, 4) is 0 Å². The predicted molar refractivity (Wildman–Crippen MR) is 93.9 cm³/mol. The van der Waals surface area contributed by atoms with Crippen LogP contribution in [0.1, 0.15) is 54.4 Å². The number of nitrogens with zero attached hydrogens (tertiary/aromatic N) is 4. The lowest BCUT2D eigenvalue weighted by atomic mass is 10.0. The number of pyridine rings is 1. The number of aromatic nitrogens is 3. The second kappa shape index (κ2) is 7.60. The summed E-state index contributed by atoms with van der Waals surface area (Å²) < 4.78 is 1.86. The molecule has 0 spiro atoms. The highest BCUT2D eigenvalue weighted by Crippen LogP contribution is 2.23. The van der Waals surface area contributed by atoms with E-state index >= 15 is 0 Å². The Morgan fingerprint density at radius 3 is 3.04 bits per heavy atom. The summed E-state index contributed by atoms with van der Waals surface area (Å²) in [5.74, 6) is 0.0817. The van der Waals surface area contributed by atoms with Crippen LogP contribution in [0.25, 0.3) is 0 Å². The zero-order valence-corrected chi connectivity index (χ0v) is 14.6. The summed E-state index contributed by atoms with van der Waals surface area (Å²) in [7, 11) is 0. The normalized spacial score (nSPS) is 17.4. The predicted octanol–water partition coefficient (Wildman–Crippen LogP) is 3.23. The summed E-state index contributed by atoms with van der Waals surface area (Å²) in [5, 5.41) is 4.43. The molecule has 24 heavy (non-hydrogen) atoms. The monoisotopic (exact) mass is 326 g/mol. The molecule has 128 valence electrons. The van der Waals surface area contributed by atoms with Crippen molar-refractivity contribution in [3.63, 3.8) is 0 Å². The maximum Gasteiger partial charge on any atom is 0.274 e. The summed E-state index contributed by atoms with van der Waals surface area (Å²) in [5.41, 5.74) is 2.93. The molecule has 0 saturated carbocycles. The van der Waals surface area contributed by atoms with Crippen molar-refractivity contribution in [2.75, 3.05) is 6.54 Å². The number of likely N-dealkylation sites (tertiary alicyclic amines) is 1. The molecular weight excluding hydrogens is 300 g/mol. The first-order chi connectivity index (χ1) is 11.7. The second-order valence-corrected chi connectivity index (χ2v) is 6.60. The molecule has 1 fully saturated rings. The van der Waals surface area contributed by atoms with Gasteiger partial charge in [0.15, 0.2) is 0 Å². The van der Waals surface area contributed by atoms with Gasteiger partial charge in [-0.3, -0.25) is 14.5 Å². The lowest BCUT2D eigenvalue weighted by Gasteiger charge is -2.24. The van der Waals surface area contributed by atoms with Gasteiger partial charge in [0.1, 0.15) is 5.69 Å². The Balaban J connectivity index is 1.62. The number of aryl methyl sites for hydroxylation is 3. The van der Waals surface area contributed by atoms with E-state index in [1.807, 2.05) is 35.0 Å². The van der Waals surface area contributed by atoms with E-state index in [0.717, 1.165) is 50.9 Å². The van der Waals surface area contributed by atoms with Crippen LogP contribution < -0.4 is 0 Å². The molecule has 1 atom stereocenters. The van der Waals surface area contributed by atoms with Gasteiger partial charge in [-0.15, -0.1) is 0 Å². The molecule has 3 heterocycles. The fourth-order valence-corrected chi connectivity index (χ4v) is 3.47. The van der Waals surface area contributed by atoms with Crippen LogP contribution in [-0.2, 0) is 13.0 Å². The van der Waals surface area contributed by atoms with Crippen LogP contribution in [0.5, 0.6) is 0 Å². The Morgan fingerprint density at radius 2 is 2.25 bits per heavy atom. The maximum absolute atomic E-state index is 12.8. The van der Waals surface area contributed by atoms with Crippen molar-refractivity contribution in [3.05, 3.63) is 47.5 Å². The number of hydrogen-bond acceptors (Lipinski definition) is 3. The van der Waals surface area contributed by atoms with Gasteiger partial charge in [-0.25, -0.2) is 0 Å². The Labute approximate surface area is 143 Å². The molecule has 0 radical (unpaired) electrons. The molecule has 3 rings (SSSR count). The highest BCUT2D eigenvalue weighted by molar-refractivity contribution is 5.92. The van der Waals surface area contributed by atoms with Gasteiger partial charge in [-0.1, -0.05) is 6.92 Å². The molecular formula is C19H26N4O. The van der Waals surface area contributed by atoms with E-state index in [0.29, 0.717) is 11.7 Å². The van der Waals surface area contributed by atoms with Crippen LogP contribution in [0.4, 0.5) is 0 Å². The van der Waals surface area contributed by atoms with Gasteiger partial charge in [-0.05, 0) is 62.8 Å². The third-order valence-electron chi connectivity index (χ3n) is 4.68. The fourth-order valence-electron chi connectivity index (χ4n) is 3.47. The van der Waals surface area contributed by atoms with Gasteiger partial charge in [-0.2, -0.15) is 5.10 Å². The summed E-state index contributed by atoms with van der Waals surface area (Å²) in [6.45, 7) is 5.83. The topological polar surface area (TPSA) is 51.0 Å². The fraction of sp³-hybridized carbons (Fsp3) is 0.526. The summed E-state index contributed by atoms with van der Waals surface area (Å²) >= 11 is 0. The minimum absolute atomic E-state index is 0.0817. The van der Waals surface area contributed by atoms with Crippen molar-refractivity contribution in [1.82, 2.24) is 19.7 Å². The van der Waals surface area contributed by atoms with Gasteiger partial charge in [0, 0.05) is 37.2 Å². The van der Waals surface area contributed by atoms with Gasteiger partial charge in [0.2, 0.25) is 0 Å². The van der Waals surface area contributed by atoms with E-state index < -0.39 is 0 Å². The van der Waals surface area contributed by atoms with Crippen LogP contribution in [0.15, 0.2) is 30.6 Å². The van der Waals surface area contributed by atoms with Crippen molar-refractivity contribution >= 4 is 5.91 Å². The van der Waals surface area contributed by atoms with E-state index in [4.69, 9.17) is 0 Å². The zero-order chi connectivity index (χ0) is 16.9. The molecule has 5 nitrogen and oxygen atoms in total. The molecule has 0 N–H and O–H groups in total. The van der Waals surface area contributed by atoms with Crippen LogP contribution >= 0.6 is 0 Å². The first-order valence-electron chi connectivity index (χ1n) is 8.93. The summed E-state index contributed by atoms with van der Waals surface area (Å²) in [4.78, 5) is 19.0. The van der Waals surface area contributed by atoms with Crippen molar-refractivity contribution in [2.24, 2.45) is 0 Å². The van der Waals surface area contributed by atoms with E-state index in [9.17, 15) is 4.79 Å². The molecule has 1 amide bonds. The maximum atomic E-state index is 12.8. The Kier molecular flexibility index (Phi) is 5.28. The average Bonchev–Trinajstić information content (AvgIpc) is 3.22. The summed E-state index contributed by atoms with van der Waals surface area (Å²) in [6, 6.07) is 6.37. The first kappa shape index (κ1) is 16.7. The van der Waals surface area contributed by atoms with Gasteiger partial charge < -0.3 is 4.90 Å². The van der Waals surface area contributed by atoms with Crippen molar-refractivity contribution in [2.45, 2.75) is 58.5 Å². The number of amides is 1. The van der Waals surface area contributed by atoms with Crippen LogP contribution in [0.3, 0.4) is 0 Å². The molecule has 0 aliphatic carbocycles. The second-order valence-electron chi connectivity index (χ2n) is 6.60. The molecule has 1 aliphatic heterocycles. The first-order valence-corrected chi connectivity index (χ1v) is 8.93. The van der Waals surface area contributed by atoms with E-state index in [1.165, 1.54) is 5.56 Å². The third-order valence-corrected chi connectivity index (χ3v) is 4.68. The van der Waals surface area contributed by atoms with Gasteiger partial charge in [0.05, 0.1) is 0 Å². The average molecular weight is 326 g/mol. The van der Waals surface area contributed by atoms with Gasteiger partial charge >= 0.3 is 0 Å². The largest absolute Gasteiger partial charge is 0.334 e.